The van der Waals surface area contributed by atoms with Gasteiger partial charge in [-0.15, -0.1) is 10.2 Å². The Morgan fingerprint density at radius 2 is 1.21 bits per heavy atom. The van der Waals surface area contributed by atoms with Crippen molar-refractivity contribution in [2.24, 2.45) is 0 Å². The molecule has 0 unspecified atom stereocenters. The minimum Gasteiger partial charge on any atom is -0.300 e. The van der Waals surface area contributed by atoms with E-state index in [1.807, 2.05) is 0 Å². The first-order chi connectivity index (χ1) is 6.23. The summed E-state index contributed by atoms with van der Waals surface area (Å²) in [6, 6.07) is -3.59. The summed E-state index contributed by atoms with van der Waals surface area (Å²) in [6.45, 7) is 0. The minimum absolute atomic E-state index is 0.139. The first-order valence-electron chi connectivity index (χ1n) is 3.20. The number of alkyl halides is 6. The Hall–Kier alpha value is -1.28. The molecule has 0 saturated carbocycles. The molecule has 1 heterocycles. The zero-order valence-electron chi connectivity index (χ0n) is 6.34. The lowest BCUT2D eigenvalue weighted by atomic mass is 10.3. The lowest BCUT2D eigenvalue weighted by Crippen LogP contribution is -2.38. The van der Waals surface area contributed by atoms with Crippen LogP contribution in [-0.2, 0) is 0 Å². The Morgan fingerprint density at radius 3 is 1.50 bits per heavy atom. The summed E-state index contributed by atoms with van der Waals surface area (Å²) in [6.07, 6.45) is -10.1. The van der Waals surface area contributed by atoms with Crippen molar-refractivity contribution in [1.82, 2.24) is 14.8 Å². The Balaban J connectivity index is 3.08. The second-order valence-corrected chi connectivity index (χ2v) is 2.39. The fourth-order valence-corrected chi connectivity index (χ4v) is 0.866. The predicted octanol–water partition coefficient (Wildman–Crippen LogP) is 1.94. The molecule has 0 aromatic carbocycles. The molecule has 14 heavy (non-hydrogen) atoms. The maximum atomic E-state index is 12.0. The molecule has 9 heteroatoms. The maximum absolute atomic E-state index is 12.0. The van der Waals surface area contributed by atoms with E-state index in [0.29, 0.717) is 12.7 Å². The van der Waals surface area contributed by atoms with Crippen LogP contribution < -0.4 is 0 Å². The second kappa shape index (κ2) is 3.14. The summed E-state index contributed by atoms with van der Waals surface area (Å²) < 4.78 is 71.8. The van der Waals surface area contributed by atoms with Crippen molar-refractivity contribution < 1.29 is 26.3 Å². The van der Waals surface area contributed by atoms with Gasteiger partial charge in [0.2, 0.25) is 6.04 Å². The minimum atomic E-state index is -5.42. The highest BCUT2D eigenvalue weighted by Gasteiger charge is 2.58. The van der Waals surface area contributed by atoms with Crippen molar-refractivity contribution in [2.75, 3.05) is 0 Å². The topological polar surface area (TPSA) is 30.7 Å². The van der Waals surface area contributed by atoms with Gasteiger partial charge < -0.3 is 0 Å². The molecule has 3 nitrogen and oxygen atoms in total. The van der Waals surface area contributed by atoms with E-state index in [4.69, 9.17) is 0 Å². The quantitative estimate of drug-likeness (QED) is 0.675. The molecule has 0 aliphatic heterocycles. The monoisotopic (exact) mass is 219 g/mol. The molecular formula is C5H3F6N3. The Bertz CT molecular complexity index is 271. The van der Waals surface area contributed by atoms with E-state index in [1.54, 1.807) is 0 Å². The summed E-state index contributed by atoms with van der Waals surface area (Å²) in [7, 11) is 0. The zero-order valence-corrected chi connectivity index (χ0v) is 6.34. The van der Waals surface area contributed by atoms with E-state index >= 15 is 0 Å². The van der Waals surface area contributed by atoms with Crippen molar-refractivity contribution in [1.29, 1.82) is 0 Å². The summed E-state index contributed by atoms with van der Waals surface area (Å²) in [5, 5.41) is 5.77. The van der Waals surface area contributed by atoms with E-state index in [1.165, 1.54) is 0 Å². The van der Waals surface area contributed by atoms with Crippen molar-refractivity contribution in [3.8, 4) is 0 Å². The third-order valence-corrected chi connectivity index (χ3v) is 1.35. The molecule has 0 spiro atoms. The zero-order chi connectivity index (χ0) is 11.0. The van der Waals surface area contributed by atoms with Crippen LogP contribution >= 0.6 is 0 Å². The van der Waals surface area contributed by atoms with Gasteiger partial charge in [-0.2, -0.15) is 26.3 Å². The standard InChI is InChI=1S/C5H3F6N3/c6-4(7,8)3(5(9,10)11)14-1-12-13-2-14/h1-3H. The highest BCUT2D eigenvalue weighted by molar-refractivity contribution is 4.84. The molecule has 0 fully saturated rings. The molecule has 0 amide bonds. The van der Waals surface area contributed by atoms with Crippen LogP contribution in [0.2, 0.25) is 0 Å². The molecule has 1 aromatic rings. The number of hydrogen-bond donors (Lipinski definition) is 0. The van der Waals surface area contributed by atoms with Crippen molar-refractivity contribution in [3.63, 3.8) is 0 Å². The van der Waals surface area contributed by atoms with Gasteiger partial charge >= 0.3 is 12.4 Å². The fourth-order valence-electron chi connectivity index (χ4n) is 0.866. The van der Waals surface area contributed by atoms with Crippen LogP contribution in [0.1, 0.15) is 6.04 Å². The van der Waals surface area contributed by atoms with Crippen LogP contribution in [0.5, 0.6) is 0 Å². The lowest BCUT2D eigenvalue weighted by Gasteiger charge is -2.23. The maximum Gasteiger partial charge on any atom is 0.418 e. The van der Waals surface area contributed by atoms with Gasteiger partial charge in [0.1, 0.15) is 12.7 Å². The van der Waals surface area contributed by atoms with E-state index in [9.17, 15) is 26.3 Å². The van der Waals surface area contributed by atoms with Crippen molar-refractivity contribution in [3.05, 3.63) is 12.7 Å². The number of aromatic nitrogens is 3. The van der Waals surface area contributed by atoms with Crippen LogP contribution in [0.25, 0.3) is 0 Å². The number of halogens is 6. The third kappa shape index (κ3) is 2.15. The van der Waals surface area contributed by atoms with Gasteiger partial charge in [-0.3, -0.25) is 4.57 Å². The Morgan fingerprint density at radius 1 is 0.857 bits per heavy atom. The van der Waals surface area contributed by atoms with Crippen LogP contribution in [0.3, 0.4) is 0 Å². The summed E-state index contributed by atoms with van der Waals surface area (Å²) in [5.74, 6) is 0. The molecular weight excluding hydrogens is 216 g/mol. The Labute approximate surface area is 73.3 Å². The summed E-state index contributed by atoms with van der Waals surface area (Å²) in [4.78, 5) is 0. The highest BCUT2D eigenvalue weighted by Crippen LogP contribution is 2.42. The van der Waals surface area contributed by atoms with Crippen molar-refractivity contribution in [2.45, 2.75) is 18.4 Å². The molecule has 1 rings (SSSR count). The largest absolute Gasteiger partial charge is 0.418 e. The molecule has 0 bridgehead atoms. The van der Waals surface area contributed by atoms with Gasteiger partial charge in [-0.05, 0) is 0 Å². The van der Waals surface area contributed by atoms with Crippen LogP contribution in [0.15, 0.2) is 12.7 Å². The summed E-state index contributed by atoms with van der Waals surface area (Å²) >= 11 is 0. The number of hydrogen-bond acceptors (Lipinski definition) is 2. The van der Waals surface area contributed by atoms with E-state index in [2.05, 4.69) is 10.2 Å². The molecule has 80 valence electrons. The number of rotatable bonds is 1. The van der Waals surface area contributed by atoms with Crippen LogP contribution in [0.4, 0.5) is 26.3 Å². The van der Waals surface area contributed by atoms with Crippen molar-refractivity contribution >= 4 is 0 Å². The average Bonchev–Trinajstić information content (AvgIpc) is 2.31. The van der Waals surface area contributed by atoms with E-state index in [-0.39, 0.29) is 4.57 Å². The van der Waals surface area contributed by atoms with Crippen LogP contribution in [0, 0.1) is 0 Å². The van der Waals surface area contributed by atoms with E-state index < -0.39 is 18.4 Å². The highest BCUT2D eigenvalue weighted by atomic mass is 19.4. The molecule has 0 aliphatic carbocycles. The van der Waals surface area contributed by atoms with E-state index in [0.717, 1.165) is 0 Å². The molecule has 0 atom stereocenters. The third-order valence-electron chi connectivity index (χ3n) is 1.35. The molecule has 1 aromatic heterocycles. The molecule has 0 N–H and O–H groups in total. The average molecular weight is 219 g/mol. The van der Waals surface area contributed by atoms with Gasteiger partial charge in [-0.25, -0.2) is 0 Å². The van der Waals surface area contributed by atoms with Gasteiger partial charge in [0.25, 0.3) is 0 Å². The SMILES string of the molecule is FC(F)(F)C(n1cnnc1)C(F)(F)F. The Kier molecular flexibility index (Phi) is 2.42. The van der Waals surface area contributed by atoms with Gasteiger partial charge in [0, 0.05) is 0 Å². The normalized spacial score (nSPS) is 13.6. The van der Waals surface area contributed by atoms with Gasteiger partial charge in [-0.1, -0.05) is 0 Å². The number of nitrogens with zero attached hydrogens (tertiary/aromatic N) is 3. The fraction of sp³-hybridized carbons (Fsp3) is 0.600. The first-order valence-corrected chi connectivity index (χ1v) is 3.20. The molecule has 0 saturated heterocycles. The first kappa shape index (κ1) is 10.8. The summed E-state index contributed by atoms with van der Waals surface area (Å²) in [5.41, 5.74) is 0. The van der Waals surface area contributed by atoms with Gasteiger partial charge in [0.15, 0.2) is 0 Å². The predicted molar refractivity (Wildman–Crippen MR) is 31.2 cm³/mol. The lowest BCUT2D eigenvalue weighted by molar-refractivity contribution is -0.274. The van der Waals surface area contributed by atoms with Crippen LogP contribution in [-0.4, -0.2) is 27.1 Å². The smallest absolute Gasteiger partial charge is 0.300 e. The second-order valence-electron chi connectivity index (χ2n) is 2.39. The molecule has 0 radical (unpaired) electrons. The molecule has 0 aliphatic rings. The van der Waals surface area contributed by atoms with Gasteiger partial charge in [0.05, 0.1) is 0 Å².